The van der Waals surface area contributed by atoms with Crippen LogP contribution in [0.3, 0.4) is 0 Å². The zero-order valence-electron chi connectivity index (χ0n) is 8.24. The molecule has 0 aliphatic carbocycles. The van der Waals surface area contributed by atoms with Crippen LogP contribution in [0.5, 0.6) is 0 Å². The van der Waals surface area contributed by atoms with E-state index in [0.717, 1.165) is 10.8 Å². The van der Waals surface area contributed by atoms with E-state index in [4.69, 9.17) is 0 Å². The van der Waals surface area contributed by atoms with E-state index in [-0.39, 0.29) is 5.69 Å². The van der Waals surface area contributed by atoms with Crippen LogP contribution in [0.15, 0.2) is 36.4 Å². The molecule has 1 aromatic heterocycles. The Morgan fingerprint density at radius 2 is 1.81 bits per heavy atom. The van der Waals surface area contributed by atoms with Crippen molar-refractivity contribution in [3.8, 4) is 0 Å². The van der Waals surface area contributed by atoms with Crippen molar-refractivity contribution < 1.29 is 8.78 Å². The number of nitrogens with zero attached hydrogens (tertiary/aromatic N) is 1. The minimum atomic E-state index is -2.52. The van der Waals surface area contributed by atoms with Gasteiger partial charge in [-0.1, -0.05) is 36.4 Å². The fourth-order valence-electron chi connectivity index (χ4n) is 1.94. The monoisotopic (exact) mass is 218 g/mol. The number of benzene rings is 2. The second-order valence-corrected chi connectivity index (χ2v) is 3.62. The maximum absolute atomic E-state index is 12.7. The number of fused-ring (bicyclic) bond motifs is 3. The van der Waals surface area contributed by atoms with Gasteiger partial charge in [0.25, 0.3) is 6.43 Å². The number of hydrogen-bond acceptors (Lipinski definition) is 1. The first-order chi connectivity index (χ1) is 7.77. The maximum Gasteiger partial charge on any atom is 0.280 e. The number of aromatic amines is 1. The normalized spacial score (nSPS) is 11.7. The van der Waals surface area contributed by atoms with E-state index >= 15 is 0 Å². The van der Waals surface area contributed by atoms with Crippen LogP contribution in [0.2, 0.25) is 0 Å². The highest BCUT2D eigenvalue weighted by Crippen LogP contribution is 2.29. The van der Waals surface area contributed by atoms with E-state index in [9.17, 15) is 8.78 Å². The third-order valence-corrected chi connectivity index (χ3v) is 2.70. The summed E-state index contributed by atoms with van der Waals surface area (Å²) in [6.45, 7) is 0. The van der Waals surface area contributed by atoms with Crippen LogP contribution in [0.4, 0.5) is 8.78 Å². The third-order valence-electron chi connectivity index (χ3n) is 2.70. The molecule has 16 heavy (non-hydrogen) atoms. The molecule has 80 valence electrons. The van der Waals surface area contributed by atoms with Crippen molar-refractivity contribution in [2.75, 3.05) is 0 Å². The van der Waals surface area contributed by atoms with Crippen molar-refractivity contribution in [3.05, 3.63) is 42.1 Å². The van der Waals surface area contributed by atoms with Crippen molar-refractivity contribution in [2.24, 2.45) is 0 Å². The van der Waals surface area contributed by atoms with Gasteiger partial charge in [-0.25, -0.2) is 8.78 Å². The van der Waals surface area contributed by atoms with Crippen LogP contribution in [-0.4, -0.2) is 10.2 Å². The average molecular weight is 218 g/mol. The third kappa shape index (κ3) is 1.19. The second-order valence-electron chi connectivity index (χ2n) is 3.62. The fraction of sp³-hybridized carbons (Fsp3) is 0.0833. The molecule has 3 aromatic rings. The second kappa shape index (κ2) is 3.27. The Balaban J connectivity index is 2.45. The lowest BCUT2D eigenvalue weighted by Crippen LogP contribution is -1.83. The number of hydrogen-bond donors (Lipinski definition) is 1. The predicted molar refractivity (Wildman–Crippen MR) is 58.6 cm³/mol. The molecule has 0 spiro atoms. The minimum Gasteiger partial charge on any atom is -0.275 e. The summed E-state index contributed by atoms with van der Waals surface area (Å²) in [5.41, 5.74) is 0.495. The summed E-state index contributed by atoms with van der Waals surface area (Å²) in [6, 6.07) is 11.1. The Morgan fingerprint density at radius 1 is 1.00 bits per heavy atom. The molecule has 1 N–H and O–H groups in total. The molecule has 0 radical (unpaired) electrons. The fourth-order valence-corrected chi connectivity index (χ4v) is 1.94. The van der Waals surface area contributed by atoms with Crippen LogP contribution >= 0.6 is 0 Å². The number of nitrogens with one attached hydrogen (secondary N) is 1. The Bertz CT molecular complexity index is 658. The Hall–Kier alpha value is -1.97. The quantitative estimate of drug-likeness (QED) is 0.663. The van der Waals surface area contributed by atoms with E-state index in [2.05, 4.69) is 10.2 Å². The number of rotatable bonds is 1. The van der Waals surface area contributed by atoms with E-state index in [0.29, 0.717) is 10.9 Å². The topological polar surface area (TPSA) is 28.7 Å². The molecule has 0 amide bonds. The van der Waals surface area contributed by atoms with E-state index < -0.39 is 6.43 Å². The molecular formula is C12H8F2N2. The van der Waals surface area contributed by atoms with Gasteiger partial charge in [0.2, 0.25) is 0 Å². The number of aromatic nitrogens is 2. The molecule has 0 aliphatic rings. The summed E-state index contributed by atoms with van der Waals surface area (Å²) >= 11 is 0. The lowest BCUT2D eigenvalue weighted by molar-refractivity contribution is 0.147. The Kier molecular flexibility index (Phi) is 1.89. The lowest BCUT2D eigenvalue weighted by atomic mass is 10.1. The van der Waals surface area contributed by atoms with Crippen molar-refractivity contribution in [2.45, 2.75) is 6.43 Å². The highest BCUT2D eigenvalue weighted by Gasteiger charge is 2.15. The molecule has 1 heterocycles. The van der Waals surface area contributed by atoms with Gasteiger partial charge >= 0.3 is 0 Å². The molecule has 0 atom stereocenters. The van der Waals surface area contributed by atoms with Crippen LogP contribution < -0.4 is 0 Å². The van der Waals surface area contributed by atoms with E-state index in [1.165, 1.54) is 0 Å². The smallest absolute Gasteiger partial charge is 0.275 e. The molecule has 0 saturated carbocycles. The molecule has 0 aliphatic heterocycles. The lowest BCUT2D eigenvalue weighted by Gasteiger charge is -1.98. The van der Waals surface area contributed by atoms with Gasteiger partial charge in [-0.3, -0.25) is 5.10 Å². The summed E-state index contributed by atoms with van der Waals surface area (Å²) in [7, 11) is 0. The standard InChI is InChI=1S/C12H8F2N2/c13-12(14)11-9-6-5-7-3-1-2-4-8(7)10(9)15-16-11/h1-6,12H,(H,15,16). The highest BCUT2D eigenvalue weighted by molar-refractivity contribution is 6.05. The van der Waals surface area contributed by atoms with Crippen LogP contribution in [0, 0.1) is 0 Å². The summed E-state index contributed by atoms with van der Waals surface area (Å²) in [4.78, 5) is 0. The zero-order valence-corrected chi connectivity index (χ0v) is 8.24. The Labute approximate surface area is 89.9 Å². The summed E-state index contributed by atoms with van der Waals surface area (Å²) < 4.78 is 25.3. The summed E-state index contributed by atoms with van der Waals surface area (Å²) in [5.74, 6) is 0. The van der Waals surface area contributed by atoms with Gasteiger partial charge in [0.1, 0.15) is 11.2 Å². The minimum absolute atomic E-state index is 0.110. The predicted octanol–water partition coefficient (Wildman–Crippen LogP) is 3.65. The van der Waals surface area contributed by atoms with Gasteiger partial charge < -0.3 is 0 Å². The molecular weight excluding hydrogens is 210 g/mol. The molecule has 2 nitrogen and oxygen atoms in total. The van der Waals surface area contributed by atoms with Gasteiger partial charge in [-0.2, -0.15) is 5.10 Å². The maximum atomic E-state index is 12.7. The molecule has 0 bridgehead atoms. The van der Waals surface area contributed by atoms with Gasteiger partial charge in [-0.05, 0) is 5.39 Å². The first kappa shape index (κ1) is 9.27. The SMILES string of the molecule is FC(F)c1[nH]nc2c1ccc1ccccc12. The number of alkyl halides is 2. The van der Waals surface area contributed by atoms with Gasteiger partial charge in [0.15, 0.2) is 0 Å². The van der Waals surface area contributed by atoms with E-state index in [1.54, 1.807) is 6.07 Å². The highest BCUT2D eigenvalue weighted by atomic mass is 19.3. The average Bonchev–Trinajstić information content (AvgIpc) is 2.73. The Morgan fingerprint density at radius 3 is 2.62 bits per heavy atom. The van der Waals surface area contributed by atoms with Crippen LogP contribution in [0.25, 0.3) is 21.7 Å². The molecule has 4 heteroatoms. The van der Waals surface area contributed by atoms with Crippen LogP contribution in [-0.2, 0) is 0 Å². The van der Waals surface area contributed by atoms with E-state index in [1.807, 2.05) is 30.3 Å². The van der Waals surface area contributed by atoms with Gasteiger partial charge in [0, 0.05) is 10.8 Å². The van der Waals surface area contributed by atoms with Crippen molar-refractivity contribution in [1.82, 2.24) is 10.2 Å². The molecule has 2 aromatic carbocycles. The first-order valence-electron chi connectivity index (χ1n) is 4.91. The van der Waals surface area contributed by atoms with Gasteiger partial charge in [-0.15, -0.1) is 0 Å². The summed E-state index contributed by atoms with van der Waals surface area (Å²) in [5, 5.41) is 8.76. The molecule has 0 saturated heterocycles. The molecule has 0 unspecified atom stereocenters. The van der Waals surface area contributed by atoms with Gasteiger partial charge in [0.05, 0.1) is 0 Å². The molecule has 0 fully saturated rings. The van der Waals surface area contributed by atoms with Crippen molar-refractivity contribution >= 4 is 21.7 Å². The first-order valence-corrected chi connectivity index (χ1v) is 4.91. The van der Waals surface area contributed by atoms with Crippen LogP contribution in [0.1, 0.15) is 12.1 Å². The number of halogens is 2. The molecule has 3 rings (SSSR count). The largest absolute Gasteiger partial charge is 0.280 e. The summed E-state index contributed by atoms with van der Waals surface area (Å²) in [6.07, 6.45) is -2.52. The zero-order chi connectivity index (χ0) is 11.1. The van der Waals surface area contributed by atoms with Crippen molar-refractivity contribution in [1.29, 1.82) is 0 Å². The number of H-pyrrole nitrogens is 1. The van der Waals surface area contributed by atoms with Crippen molar-refractivity contribution in [3.63, 3.8) is 0 Å².